The van der Waals surface area contributed by atoms with Crippen molar-refractivity contribution in [2.45, 2.75) is 78.1 Å². The maximum absolute atomic E-state index is 2.48. The minimum Gasteiger partial charge on any atom is -0.0764 e. The summed E-state index contributed by atoms with van der Waals surface area (Å²) in [6.07, 6.45) is 16.8. The molecule has 2 aliphatic rings. The van der Waals surface area contributed by atoms with Gasteiger partial charge in [-0.25, -0.2) is 0 Å². The molecular weight excluding hydrogens is 336 g/mol. The molecule has 2 aliphatic carbocycles. The van der Waals surface area contributed by atoms with E-state index in [2.05, 4.69) is 76.3 Å². The van der Waals surface area contributed by atoms with Crippen molar-refractivity contribution < 1.29 is 0 Å². The van der Waals surface area contributed by atoms with E-state index in [1.165, 1.54) is 35.1 Å². The predicted molar refractivity (Wildman–Crippen MR) is 123 cm³/mol. The van der Waals surface area contributed by atoms with Gasteiger partial charge in [0.2, 0.25) is 0 Å². The molecule has 28 heavy (non-hydrogen) atoms. The van der Waals surface area contributed by atoms with Crippen molar-refractivity contribution >= 4 is 12.2 Å². The van der Waals surface area contributed by atoms with E-state index in [1.807, 2.05) is 0 Å². The molecule has 0 radical (unpaired) electrons. The molecule has 4 rings (SSSR count). The largest absolute Gasteiger partial charge is 0.0764 e. The van der Waals surface area contributed by atoms with Crippen LogP contribution in [0.5, 0.6) is 0 Å². The minimum absolute atomic E-state index is 0.591. The lowest BCUT2D eigenvalue weighted by Gasteiger charge is -2.21. The molecule has 0 saturated heterocycles. The van der Waals surface area contributed by atoms with Crippen molar-refractivity contribution in [3.05, 3.63) is 80.9 Å². The smallest absolute Gasteiger partial charge is 0.00303 e. The van der Waals surface area contributed by atoms with E-state index < -0.39 is 0 Å². The number of aryl methyl sites for hydroxylation is 4. The van der Waals surface area contributed by atoms with Gasteiger partial charge >= 0.3 is 0 Å². The van der Waals surface area contributed by atoms with Crippen molar-refractivity contribution in [3.63, 3.8) is 0 Å². The number of fused-ring (bicyclic) bond motifs is 2. The highest BCUT2D eigenvalue weighted by Gasteiger charge is 2.26. The zero-order chi connectivity index (χ0) is 19.7. The molecule has 0 heterocycles. The zero-order valence-electron chi connectivity index (χ0n) is 18.0. The van der Waals surface area contributed by atoms with E-state index in [4.69, 9.17) is 0 Å². The molecule has 2 atom stereocenters. The first kappa shape index (κ1) is 19.2. The van der Waals surface area contributed by atoms with Gasteiger partial charge in [-0.2, -0.15) is 0 Å². The van der Waals surface area contributed by atoms with Gasteiger partial charge in [0.15, 0.2) is 0 Å². The van der Waals surface area contributed by atoms with Crippen LogP contribution in [0, 0.1) is 0 Å². The third-order valence-electron chi connectivity index (χ3n) is 6.98. The molecule has 2 aromatic rings. The van der Waals surface area contributed by atoms with E-state index in [1.54, 1.807) is 22.3 Å². The van der Waals surface area contributed by atoms with Crippen LogP contribution in [0.3, 0.4) is 0 Å². The Bertz CT molecular complexity index is 848. The van der Waals surface area contributed by atoms with Gasteiger partial charge in [-0.3, -0.25) is 0 Å². The first-order valence-corrected chi connectivity index (χ1v) is 11.4. The summed E-state index contributed by atoms with van der Waals surface area (Å²) in [5.74, 6) is 1.18. The highest BCUT2D eigenvalue weighted by Crippen LogP contribution is 2.43. The summed E-state index contributed by atoms with van der Waals surface area (Å²) in [4.78, 5) is 0. The Morgan fingerprint density at radius 2 is 0.893 bits per heavy atom. The molecule has 0 fully saturated rings. The highest BCUT2D eigenvalue weighted by molar-refractivity contribution is 5.69. The standard InChI is InChI=1S/C28H34/c1-5-19-9-11-21(7-3)27-23(15-17-25(19)27)13-14-24-16-18-26-20(6-2)10-12-22(8-4)28(24)26/h9-12,15-18,23-24H,5-8,13-14H2,1-4H3. The lowest BCUT2D eigenvalue weighted by Crippen LogP contribution is -2.05. The molecule has 2 aromatic carbocycles. The second-order valence-corrected chi connectivity index (χ2v) is 8.35. The van der Waals surface area contributed by atoms with Crippen LogP contribution in [0.1, 0.15) is 96.9 Å². The Balaban J connectivity index is 1.59. The third-order valence-corrected chi connectivity index (χ3v) is 6.98. The maximum Gasteiger partial charge on any atom is 0.00303 e. The molecule has 146 valence electrons. The topological polar surface area (TPSA) is 0 Å². The zero-order valence-corrected chi connectivity index (χ0v) is 18.0. The Morgan fingerprint density at radius 3 is 1.25 bits per heavy atom. The van der Waals surface area contributed by atoms with Gasteiger partial charge in [0.25, 0.3) is 0 Å². The van der Waals surface area contributed by atoms with E-state index in [0.717, 1.165) is 25.7 Å². The summed E-state index contributed by atoms with van der Waals surface area (Å²) in [6, 6.07) is 9.45. The number of hydrogen-bond acceptors (Lipinski definition) is 0. The summed E-state index contributed by atoms with van der Waals surface area (Å²) in [5, 5.41) is 0. The highest BCUT2D eigenvalue weighted by atomic mass is 14.3. The fourth-order valence-electron chi connectivity index (χ4n) is 5.41. The van der Waals surface area contributed by atoms with E-state index >= 15 is 0 Å². The molecule has 0 nitrogen and oxygen atoms in total. The van der Waals surface area contributed by atoms with E-state index in [9.17, 15) is 0 Å². The molecule has 2 unspecified atom stereocenters. The van der Waals surface area contributed by atoms with Crippen molar-refractivity contribution in [2.75, 3.05) is 0 Å². The van der Waals surface area contributed by atoms with Crippen molar-refractivity contribution in [3.8, 4) is 0 Å². The lowest BCUT2D eigenvalue weighted by atomic mass is 9.83. The van der Waals surface area contributed by atoms with Crippen LogP contribution in [0.25, 0.3) is 12.2 Å². The second-order valence-electron chi connectivity index (χ2n) is 8.35. The van der Waals surface area contributed by atoms with Gasteiger partial charge in [-0.05, 0) is 83.0 Å². The molecule has 0 saturated carbocycles. The summed E-state index contributed by atoms with van der Waals surface area (Å²) >= 11 is 0. The quantitative estimate of drug-likeness (QED) is 0.470. The van der Waals surface area contributed by atoms with E-state index in [-0.39, 0.29) is 0 Å². The first-order chi connectivity index (χ1) is 13.7. The van der Waals surface area contributed by atoms with Crippen LogP contribution in [0.15, 0.2) is 36.4 Å². The summed E-state index contributed by atoms with van der Waals surface area (Å²) in [7, 11) is 0. The van der Waals surface area contributed by atoms with Crippen molar-refractivity contribution in [1.29, 1.82) is 0 Å². The Labute approximate surface area is 171 Å². The monoisotopic (exact) mass is 370 g/mol. The average Bonchev–Trinajstić information content (AvgIpc) is 3.35. The summed E-state index contributed by atoms with van der Waals surface area (Å²) < 4.78 is 0. The SMILES string of the molecule is CCc1ccc(CC)c2c1C=CC2CCC1C=Cc2c(CC)ccc(CC)c21. The molecular formula is C28H34. The molecule has 0 aromatic heterocycles. The fourth-order valence-corrected chi connectivity index (χ4v) is 5.41. The van der Waals surface area contributed by atoms with Crippen molar-refractivity contribution in [1.82, 2.24) is 0 Å². The number of hydrogen-bond donors (Lipinski definition) is 0. The minimum atomic E-state index is 0.591. The normalized spacial score (nSPS) is 19.3. The number of rotatable bonds is 7. The second kappa shape index (κ2) is 8.11. The first-order valence-electron chi connectivity index (χ1n) is 11.4. The number of allylic oxidation sites excluding steroid dienone is 2. The number of benzene rings is 2. The summed E-state index contributed by atoms with van der Waals surface area (Å²) in [6.45, 7) is 9.15. The Hall–Kier alpha value is -2.08. The fraction of sp³-hybridized carbons (Fsp3) is 0.429. The average molecular weight is 371 g/mol. The van der Waals surface area contributed by atoms with Crippen LogP contribution in [-0.2, 0) is 25.7 Å². The molecule has 0 amide bonds. The molecule has 0 N–H and O–H groups in total. The summed E-state index contributed by atoms with van der Waals surface area (Å²) in [5.41, 5.74) is 12.4. The van der Waals surface area contributed by atoms with Crippen LogP contribution >= 0.6 is 0 Å². The van der Waals surface area contributed by atoms with Gasteiger partial charge in [0.05, 0.1) is 0 Å². The van der Waals surface area contributed by atoms with Gasteiger partial charge in [-0.1, -0.05) is 76.3 Å². The third kappa shape index (κ3) is 3.17. The van der Waals surface area contributed by atoms with Crippen LogP contribution in [-0.4, -0.2) is 0 Å². The lowest BCUT2D eigenvalue weighted by molar-refractivity contribution is 0.635. The van der Waals surface area contributed by atoms with Crippen LogP contribution < -0.4 is 0 Å². The van der Waals surface area contributed by atoms with E-state index in [0.29, 0.717) is 11.8 Å². The van der Waals surface area contributed by atoms with Crippen LogP contribution in [0.2, 0.25) is 0 Å². The van der Waals surface area contributed by atoms with Gasteiger partial charge in [0.1, 0.15) is 0 Å². The molecule has 0 spiro atoms. The maximum atomic E-state index is 2.48. The Kier molecular flexibility index (Phi) is 5.58. The van der Waals surface area contributed by atoms with Crippen molar-refractivity contribution in [2.24, 2.45) is 0 Å². The molecule has 0 aliphatic heterocycles. The van der Waals surface area contributed by atoms with Gasteiger partial charge < -0.3 is 0 Å². The van der Waals surface area contributed by atoms with Gasteiger partial charge in [0, 0.05) is 11.8 Å². The predicted octanol–water partition coefficient (Wildman–Crippen LogP) is 7.64. The molecule has 0 bridgehead atoms. The van der Waals surface area contributed by atoms with Gasteiger partial charge in [-0.15, -0.1) is 0 Å². The van der Waals surface area contributed by atoms with Crippen LogP contribution in [0.4, 0.5) is 0 Å². The molecule has 0 heteroatoms. The Morgan fingerprint density at radius 1 is 0.536 bits per heavy atom.